The highest BCUT2D eigenvalue weighted by molar-refractivity contribution is 5.70. The Kier molecular flexibility index (Phi) is 13.6. The van der Waals surface area contributed by atoms with Crippen LogP contribution in [0.25, 0.3) is 0 Å². The molecule has 50 heavy (non-hydrogen) atoms. The van der Waals surface area contributed by atoms with Gasteiger partial charge in [0.15, 0.2) is 11.6 Å². The molecule has 0 saturated carbocycles. The van der Waals surface area contributed by atoms with Crippen molar-refractivity contribution in [2.75, 3.05) is 20.3 Å². The fraction of sp³-hybridized carbons (Fsp3) is 0.974. The van der Waals surface area contributed by atoms with Gasteiger partial charge in [0.1, 0.15) is 0 Å². The smallest absolute Gasteiger partial charge is 0.308 e. The van der Waals surface area contributed by atoms with E-state index in [0.29, 0.717) is 19.3 Å². The molecule has 5 saturated heterocycles. The Morgan fingerprint density at radius 1 is 0.980 bits per heavy atom. The summed E-state index contributed by atoms with van der Waals surface area (Å²) in [6.45, 7) is 17.5. The van der Waals surface area contributed by atoms with Crippen LogP contribution in [0.4, 0.5) is 0 Å². The zero-order valence-electron chi connectivity index (χ0n) is 32.2. The van der Waals surface area contributed by atoms with Crippen molar-refractivity contribution in [1.29, 1.82) is 0 Å². The van der Waals surface area contributed by atoms with Crippen LogP contribution >= 0.6 is 0 Å². The van der Waals surface area contributed by atoms with Gasteiger partial charge in [0.05, 0.1) is 66.5 Å². The van der Waals surface area contributed by atoms with Gasteiger partial charge in [0.25, 0.3) is 0 Å². The molecule has 0 unspecified atom stereocenters. The van der Waals surface area contributed by atoms with Gasteiger partial charge in [0.2, 0.25) is 0 Å². The zero-order valence-corrected chi connectivity index (χ0v) is 32.2. The Balaban J connectivity index is 0.00000181. The van der Waals surface area contributed by atoms with Gasteiger partial charge in [0, 0.05) is 44.3 Å². The number of rotatable bonds is 10. The molecule has 12 nitrogen and oxygen atoms in total. The predicted octanol–water partition coefficient (Wildman–Crippen LogP) is 4.27. The van der Waals surface area contributed by atoms with Gasteiger partial charge in [-0.15, -0.1) is 0 Å². The topological polar surface area (TPSA) is 174 Å². The van der Waals surface area contributed by atoms with E-state index in [0.717, 1.165) is 32.1 Å². The first-order valence-electron chi connectivity index (χ1n) is 19.2. The molecule has 1 spiro atoms. The number of hydrogen-bond donors (Lipinski definition) is 5. The molecule has 5 aliphatic rings. The molecule has 17 atom stereocenters. The minimum Gasteiger partial charge on any atom is -0.481 e. The number of carboxylic acids is 1. The standard InChI is InChI=1S/C36H62O11.C2H6O/c1-10-34(31-20(3)16-26(43-31)28-19(2)15-21(4)36(41,18-37)46-28)12-11-27(44-34)33(8)13-14-35(47-33)17-25(38)22(5)30(45-35)23(6)29(42-9)24(7)32(39)40;1-2-3/h19-31,37-38,41H,10-18H2,1-9H3,(H,39,40);3H,2H2,1H3/t19-,20-,21+,22+,23-,24-,25-,26+,27+,28-,29+,30-,31+,33-,34-,35+,36-;/m0./s1. The Bertz CT molecular complexity index is 1130. The van der Waals surface area contributed by atoms with E-state index in [-0.39, 0.29) is 60.6 Å². The molecule has 5 heterocycles. The molecule has 5 N–H and O–H groups in total. The average Bonchev–Trinajstić information content (AvgIpc) is 3.78. The molecule has 12 heteroatoms. The lowest BCUT2D eigenvalue weighted by Gasteiger charge is -2.49. The lowest BCUT2D eigenvalue weighted by Crippen LogP contribution is -2.57. The monoisotopic (exact) mass is 716 g/mol. The SMILES string of the molecule is CCO.CC[C@@]1([C@@H]2O[C@@H]([C@H]3O[C@@](O)(CO)[C@H](C)C[C@@H]3C)C[C@@H]2C)CC[C@H]([C@]2(C)CC[C@]3(C[C@H](O)[C@@H](C)[C@@H]([C@@H](C)[C@@H](OC)[C@H](C)C(=O)O)O3)O2)O1. The van der Waals surface area contributed by atoms with E-state index in [1.165, 1.54) is 7.11 Å². The Hall–Kier alpha value is -0.930. The van der Waals surface area contributed by atoms with Crippen LogP contribution in [0.5, 0.6) is 0 Å². The molecule has 5 fully saturated rings. The van der Waals surface area contributed by atoms with Crippen LogP contribution in [0, 0.1) is 35.5 Å². The highest BCUT2D eigenvalue weighted by Gasteiger charge is 2.62. The van der Waals surface area contributed by atoms with Gasteiger partial charge in [-0.25, -0.2) is 0 Å². The van der Waals surface area contributed by atoms with Gasteiger partial charge in [-0.2, -0.15) is 0 Å². The fourth-order valence-corrected chi connectivity index (χ4v) is 9.91. The van der Waals surface area contributed by atoms with E-state index >= 15 is 0 Å². The van der Waals surface area contributed by atoms with Gasteiger partial charge in [-0.3, -0.25) is 4.79 Å². The van der Waals surface area contributed by atoms with Crippen molar-refractivity contribution in [2.24, 2.45) is 35.5 Å². The van der Waals surface area contributed by atoms with Crippen molar-refractivity contribution in [2.45, 2.75) is 179 Å². The van der Waals surface area contributed by atoms with Gasteiger partial charge in [-0.05, 0) is 71.1 Å². The highest BCUT2D eigenvalue weighted by atomic mass is 16.7. The lowest BCUT2D eigenvalue weighted by atomic mass is 9.78. The third-order valence-electron chi connectivity index (χ3n) is 13.0. The molecular weight excluding hydrogens is 648 g/mol. The third kappa shape index (κ3) is 7.95. The molecule has 0 amide bonds. The summed E-state index contributed by atoms with van der Waals surface area (Å²) in [5.41, 5.74) is -1.15. The number of aliphatic carboxylic acids is 1. The van der Waals surface area contributed by atoms with Crippen LogP contribution < -0.4 is 0 Å². The highest BCUT2D eigenvalue weighted by Crippen LogP contribution is 2.55. The van der Waals surface area contributed by atoms with Crippen molar-refractivity contribution in [3.8, 4) is 0 Å². The van der Waals surface area contributed by atoms with E-state index in [1.54, 1.807) is 13.8 Å². The quantitative estimate of drug-likeness (QED) is 0.218. The summed E-state index contributed by atoms with van der Waals surface area (Å²) in [5.74, 6) is -4.52. The first-order valence-corrected chi connectivity index (χ1v) is 19.2. The zero-order chi connectivity index (χ0) is 37.4. The second-order valence-corrected chi connectivity index (χ2v) is 16.6. The fourth-order valence-electron chi connectivity index (χ4n) is 9.91. The van der Waals surface area contributed by atoms with Crippen molar-refractivity contribution in [1.82, 2.24) is 0 Å². The number of aliphatic hydroxyl groups is 4. The third-order valence-corrected chi connectivity index (χ3v) is 13.0. The van der Waals surface area contributed by atoms with Crippen LogP contribution in [-0.4, -0.2) is 117 Å². The van der Waals surface area contributed by atoms with Gasteiger partial charge in [-0.1, -0.05) is 41.5 Å². The summed E-state index contributed by atoms with van der Waals surface area (Å²) >= 11 is 0. The molecule has 0 aromatic rings. The van der Waals surface area contributed by atoms with E-state index in [2.05, 4.69) is 27.7 Å². The van der Waals surface area contributed by atoms with Crippen LogP contribution in [-0.2, 0) is 33.2 Å². The number of methoxy groups -OCH3 is 1. The van der Waals surface area contributed by atoms with E-state index in [9.17, 15) is 25.2 Å². The molecule has 0 aromatic heterocycles. The first kappa shape index (κ1) is 41.8. The summed E-state index contributed by atoms with van der Waals surface area (Å²) < 4.78 is 39.4. The Morgan fingerprint density at radius 3 is 2.22 bits per heavy atom. The molecular formula is C38H68O12. The number of ether oxygens (including phenoxy) is 6. The van der Waals surface area contributed by atoms with Crippen LogP contribution in [0.1, 0.15) is 114 Å². The summed E-state index contributed by atoms with van der Waals surface area (Å²) in [5, 5.41) is 49.4. The minimum atomic E-state index is -1.56. The maximum atomic E-state index is 11.8. The molecule has 5 rings (SSSR count). The second kappa shape index (κ2) is 16.2. The molecule has 0 aromatic carbocycles. The number of carbonyl (C=O) groups is 1. The van der Waals surface area contributed by atoms with Crippen molar-refractivity contribution < 1.29 is 58.7 Å². The predicted molar refractivity (Wildman–Crippen MR) is 185 cm³/mol. The van der Waals surface area contributed by atoms with Crippen molar-refractivity contribution >= 4 is 5.97 Å². The largest absolute Gasteiger partial charge is 0.481 e. The minimum absolute atomic E-state index is 0.153. The molecule has 0 bridgehead atoms. The Labute approximate surface area is 299 Å². The van der Waals surface area contributed by atoms with E-state index < -0.39 is 59.6 Å². The summed E-state index contributed by atoms with van der Waals surface area (Å²) in [4.78, 5) is 11.8. The summed E-state index contributed by atoms with van der Waals surface area (Å²) in [6.07, 6.45) is 2.99. The first-order chi connectivity index (χ1) is 23.4. The van der Waals surface area contributed by atoms with Gasteiger partial charge < -0.3 is 54.0 Å². The molecule has 0 radical (unpaired) electrons. The van der Waals surface area contributed by atoms with Crippen LogP contribution in [0.2, 0.25) is 0 Å². The average molecular weight is 717 g/mol. The maximum Gasteiger partial charge on any atom is 0.308 e. The van der Waals surface area contributed by atoms with Crippen molar-refractivity contribution in [3.63, 3.8) is 0 Å². The number of aliphatic hydroxyl groups excluding tert-OH is 3. The number of hydrogen-bond acceptors (Lipinski definition) is 11. The maximum absolute atomic E-state index is 11.8. The van der Waals surface area contributed by atoms with Crippen LogP contribution in [0.15, 0.2) is 0 Å². The molecule has 0 aliphatic carbocycles. The normalized spacial score (nSPS) is 48.2. The van der Waals surface area contributed by atoms with E-state index in [4.69, 9.17) is 33.5 Å². The molecule has 292 valence electrons. The van der Waals surface area contributed by atoms with Crippen LogP contribution in [0.3, 0.4) is 0 Å². The number of carboxylic acid groups (broad SMARTS) is 1. The van der Waals surface area contributed by atoms with Crippen molar-refractivity contribution in [3.05, 3.63) is 0 Å². The molecule has 5 aliphatic heterocycles. The summed E-state index contributed by atoms with van der Waals surface area (Å²) in [6, 6.07) is 0. The lowest BCUT2D eigenvalue weighted by molar-refractivity contribution is -0.336. The van der Waals surface area contributed by atoms with Gasteiger partial charge >= 0.3 is 5.97 Å². The van der Waals surface area contributed by atoms with E-state index in [1.807, 2.05) is 20.8 Å². The second-order valence-electron chi connectivity index (χ2n) is 16.6. The Morgan fingerprint density at radius 2 is 1.64 bits per heavy atom. The summed E-state index contributed by atoms with van der Waals surface area (Å²) in [7, 11) is 1.52.